The summed E-state index contributed by atoms with van der Waals surface area (Å²) in [6.45, 7) is 9.83. The number of hydrogen-bond acceptors (Lipinski definition) is 3. The largest absolute Gasteiger partial charge is 0.381 e. The van der Waals surface area contributed by atoms with Crippen LogP contribution in [0.5, 0.6) is 0 Å². The Kier molecular flexibility index (Phi) is 5.61. The van der Waals surface area contributed by atoms with Crippen LogP contribution in [0.15, 0.2) is 28.5 Å². The van der Waals surface area contributed by atoms with Crippen LogP contribution in [0, 0.1) is 6.92 Å². The van der Waals surface area contributed by atoms with Gasteiger partial charge in [-0.2, -0.15) is 0 Å². The Hall–Kier alpha value is -0.870. The molecule has 0 saturated carbocycles. The molecule has 0 radical (unpaired) electrons. The molecule has 1 aromatic rings. The molecule has 2 rings (SSSR count). The predicted molar refractivity (Wildman–Crippen MR) is 89.2 cm³/mol. The molecule has 1 fully saturated rings. The van der Waals surface area contributed by atoms with Crippen LogP contribution >= 0.6 is 15.9 Å². The zero-order valence-corrected chi connectivity index (χ0v) is 14.2. The predicted octanol–water partition coefficient (Wildman–Crippen LogP) is 4.00. The lowest BCUT2D eigenvalue weighted by atomic mass is 10.0. The maximum absolute atomic E-state index is 4.34. The second-order valence-electron chi connectivity index (χ2n) is 5.83. The van der Waals surface area contributed by atoms with Crippen LogP contribution in [0.2, 0.25) is 0 Å². The standard InChI is InChI=1S/C16H24BrN3/c1-12(2)4-7-20-8-5-14(6-9-20)19-15-10-13(3)16(17)18-11-15/h4,10-11,14,19H,5-9H2,1-3H3. The molecule has 1 aromatic heterocycles. The molecule has 0 aromatic carbocycles. The second-order valence-corrected chi connectivity index (χ2v) is 6.58. The monoisotopic (exact) mass is 337 g/mol. The minimum atomic E-state index is 0.570. The highest BCUT2D eigenvalue weighted by Crippen LogP contribution is 2.20. The Morgan fingerprint density at radius 1 is 1.45 bits per heavy atom. The van der Waals surface area contributed by atoms with Crippen LogP contribution in [-0.2, 0) is 0 Å². The van der Waals surface area contributed by atoms with Gasteiger partial charge in [0.2, 0.25) is 0 Å². The van der Waals surface area contributed by atoms with Crippen molar-refractivity contribution >= 4 is 21.6 Å². The summed E-state index contributed by atoms with van der Waals surface area (Å²) in [5.41, 5.74) is 3.71. The summed E-state index contributed by atoms with van der Waals surface area (Å²) in [5, 5.41) is 3.61. The lowest BCUT2D eigenvalue weighted by Crippen LogP contribution is -2.39. The summed E-state index contributed by atoms with van der Waals surface area (Å²) in [6, 6.07) is 2.73. The lowest BCUT2D eigenvalue weighted by Gasteiger charge is -2.32. The van der Waals surface area contributed by atoms with Gasteiger partial charge in [-0.15, -0.1) is 0 Å². The van der Waals surface area contributed by atoms with Crippen molar-refractivity contribution < 1.29 is 0 Å². The molecule has 110 valence electrons. The summed E-state index contributed by atoms with van der Waals surface area (Å²) >= 11 is 3.44. The number of aryl methyl sites for hydroxylation is 1. The highest BCUT2D eigenvalue weighted by molar-refractivity contribution is 9.10. The Morgan fingerprint density at radius 3 is 2.75 bits per heavy atom. The van der Waals surface area contributed by atoms with E-state index >= 15 is 0 Å². The molecule has 0 amide bonds. The molecule has 0 atom stereocenters. The van der Waals surface area contributed by atoms with Crippen molar-refractivity contribution in [1.29, 1.82) is 0 Å². The first-order valence-corrected chi connectivity index (χ1v) is 8.08. The van der Waals surface area contributed by atoms with Gasteiger partial charge in [0.1, 0.15) is 4.60 Å². The van der Waals surface area contributed by atoms with E-state index in [1.165, 1.54) is 37.1 Å². The van der Waals surface area contributed by atoms with Gasteiger partial charge in [0, 0.05) is 25.7 Å². The molecule has 0 aliphatic carbocycles. The molecule has 1 saturated heterocycles. The van der Waals surface area contributed by atoms with Crippen LogP contribution in [0.25, 0.3) is 0 Å². The van der Waals surface area contributed by atoms with Crippen molar-refractivity contribution in [1.82, 2.24) is 9.88 Å². The summed E-state index contributed by atoms with van der Waals surface area (Å²) in [6.07, 6.45) is 6.62. The topological polar surface area (TPSA) is 28.2 Å². The van der Waals surface area contributed by atoms with E-state index in [1.54, 1.807) is 0 Å². The number of allylic oxidation sites excluding steroid dienone is 1. The molecule has 0 unspecified atom stereocenters. The molecule has 1 aliphatic rings. The van der Waals surface area contributed by atoms with Crippen LogP contribution in [0.1, 0.15) is 32.3 Å². The van der Waals surface area contributed by atoms with Gasteiger partial charge in [-0.1, -0.05) is 11.6 Å². The summed E-state index contributed by atoms with van der Waals surface area (Å²) in [7, 11) is 0. The summed E-state index contributed by atoms with van der Waals surface area (Å²) in [5.74, 6) is 0. The first-order valence-electron chi connectivity index (χ1n) is 7.29. The number of halogens is 1. The van der Waals surface area contributed by atoms with E-state index < -0.39 is 0 Å². The quantitative estimate of drug-likeness (QED) is 0.664. The van der Waals surface area contributed by atoms with E-state index in [9.17, 15) is 0 Å². The first-order chi connectivity index (χ1) is 9.54. The third-order valence-electron chi connectivity index (χ3n) is 3.73. The van der Waals surface area contributed by atoms with E-state index in [-0.39, 0.29) is 0 Å². The smallest absolute Gasteiger partial charge is 0.109 e. The van der Waals surface area contributed by atoms with Crippen LogP contribution in [0.3, 0.4) is 0 Å². The normalized spacial score (nSPS) is 17.0. The molecule has 0 bridgehead atoms. The van der Waals surface area contributed by atoms with Crippen molar-refractivity contribution in [2.75, 3.05) is 25.0 Å². The maximum atomic E-state index is 4.34. The van der Waals surface area contributed by atoms with Crippen molar-refractivity contribution in [3.05, 3.63) is 34.1 Å². The fraction of sp³-hybridized carbons (Fsp3) is 0.562. The minimum Gasteiger partial charge on any atom is -0.381 e. The zero-order chi connectivity index (χ0) is 14.5. The molecule has 1 N–H and O–H groups in total. The van der Waals surface area contributed by atoms with Gasteiger partial charge in [-0.05, 0) is 61.2 Å². The fourth-order valence-electron chi connectivity index (χ4n) is 2.44. The van der Waals surface area contributed by atoms with E-state index in [0.29, 0.717) is 6.04 Å². The number of rotatable bonds is 4. The van der Waals surface area contributed by atoms with Gasteiger partial charge < -0.3 is 5.32 Å². The SMILES string of the molecule is CC(C)=CCN1CCC(Nc2cnc(Br)c(C)c2)CC1. The third kappa shape index (κ3) is 4.60. The zero-order valence-electron chi connectivity index (χ0n) is 12.6. The Morgan fingerprint density at radius 2 is 2.15 bits per heavy atom. The van der Waals surface area contributed by atoms with Gasteiger partial charge >= 0.3 is 0 Å². The van der Waals surface area contributed by atoms with E-state index in [1.807, 2.05) is 6.20 Å². The van der Waals surface area contributed by atoms with Crippen molar-refractivity contribution in [3.63, 3.8) is 0 Å². The van der Waals surface area contributed by atoms with E-state index in [4.69, 9.17) is 0 Å². The van der Waals surface area contributed by atoms with Gasteiger partial charge in [-0.25, -0.2) is 4.98 Å². The third-order valence-corrected chi connectivity index (χ3v) is 4.56. The first kappa shape index (κ1) is 15.5. The Labute approximate surface area is 130 Å². The Balaban J connectivity index is 1.82. The molecular weight excluding hydrogens is 314 g/mol. The highest BCUT2D eigenvalue weighted by Gasteiger charge is 2.18. The van der Waals surface area contributed by atoms with Crippen LogP contribution in [-0.4, -0.2) is 35.6 Å². The number of nitrogens with zero attached hydrogens (tertiary/aromatic N) is 2. The molecule has 1 aliphatic heterocycles. The van der Waals surface area contributed by atoms with Crippen LogP contribution < -0.4 is 5.32 Å². The summed E-state index contributed by atoms with van der Waals surface area (Å²) < 4.78 is 0.930. The Bertz CT molecular complexity index is 473. The molecule has 20 heavy (non-hydrogen) atoms. The molecular formula is C16H24BrN3. The van der Waals surface area contributed by atoms with Gasteiger partial charge in [0.05, 0.1) is 11.9 Å². The number of anilines is 1. The number of hydrogen-bond donors (Lipinski definition) is 1. The van der Waals surface area contributed by atoms with Crippen LogP contribution in [0.4, 0.5) is 5.69 Å². The molecule has 4 heteroatoms. The average molecular weight is 338 g/mol. The second kappa shape index (κ2) is 7.23. The van der Waals surface area contributed by atoms with Gasteiger partial charge in [0.25, 0.3) is 0 Å². The average Bonchev–Trinajstić information content (AvgIpc) is 2.42. The highest BCUT2D eigenvalue weighted by atomic mass is 79.9. The maximum Gasteiger partial charge on any atom is 0.109 e. The van der Waals surface area contributed by atoms with Gasteiger partial charge in [-0.3, -0.25) is 4.90 Å². The summed E-state index contributed by atoms with van der Waals surface area (Å²) in [4.78, 5) is 6.87. The molecule has 3 nitrogen and oxygen atoms in total. The number of likely N-dealkylation sites (tertiary alicyclic amines) is 1. The molecule has 2 heterocycles. The van der Waals surface area contributed by atoms with Gasteiger partial charge in [0.15, 0.2) is 0 Å². The lowest BCUT2D eigenvalue weighted by molar-refractivity contribution is 0.240. The number of pyridine rings is 1. The number of nitrogens with one attached hydrogen (secondary N) is 1. The number of piperidine rings is 1. The minimum absolute atomic E-state index is 0.570. The van der Waals surface area contributed by atoms with E-state index in [0.717, 1.165) is 16.8 Å². The molecule has 0 spiro atoms. The van der Waals surface area contributed by atoms with Crippen molar-refractivity contribution in [2.45, 2.75) is 39.7 Å². The van der Waals surface area contributed by atoms with Crippen molar-refractivity contribution in [2.24, 2.45) is 0 Å². The van der Waals surface area contributed by atoms with E-state index in [2.05, 4.69) is 64.0 Å². The van der Waals surface area contributed by atoms with Crippen molar-refractivity contribution in [3.8, 4) is 0 Å². The fourth-order valence-corrected chi connectivity index (χ4v) is 2.66. The number of aromatic nitrogens is 1.